The first kappa shape index (κ1) is 14.7. The predicted molar refractivity (Wildman–Crippen MR) is 73.3 cm³/mol. The molecular formula is C15H20O5. The number of rotatable bonds is 5. The van der Waals surface area contributed by atoms with Crippen molar-refractivity contribution in [3.63, 3.8) is 0 Å². The van der Waals surface area contributed by atoms with Crippen LogP contribution >= 0.6 is 0 Å². The van der Waals surface area contributed by atoms with E-state index in [-0.39, 0.29) is 6.42 Å². The van der Waals surface area contributed by atoms with Gasteiger partial charge in [0.25, 0.3) is 0 Å². The molecule has 2 rings (SSSR count). The number of fused-ring (bicyclic) bond motifs is 1. The van der Waals surface area contributed by atoms with E-state index in [9.17, 15) is 15.0 Å². The summed E-state index contributed by atoms with van der Waals surface area (Å²) >= 11 is 0. The normalized spacial score (nSPS) is 18.1. The second-order valence-corrected chi connectivity index (χ2v) is 5.10. The van der Waals surface area contributed by atoms with Gasteiger partial charge in [0.05, 0.1) is 0 Å². The fourth-order valence-electron chi connectivity index (χ4n) is 2.49. The Hall–Kier alpha value is -1.75. The molecule has 0 radical (unpaired) electrons. The maximum Gasteiger partial charge on any atom is 0.336 e. The van der Waals surface area contributed by atoms with Crippen molar-refractivity contribution in [2.75, 3.05) is 13.2 Å². The molecule has 110 valence electrons. The lowest BCUT2D eigenvalue weighted by Gasteiger charge is -2.30. The van der Waals surface area contributed by atoms with Gasteiger partial charge in [-0.15, -0.1) is 0 Å². The van der Waals surface area contributed by atoms with E-state index in [1.807, 2.05) is 6.92 Å². The highest BCUT2D eigenvalue weighted by Crippen LogP contribution is 2.38. The number of benzene rings is 1. The number of hydrogen-bond donors (Lipinski definition) is 2. The molecule has 0 fully saturated rings. The molecule has 0 saturated heterocycles. The summed E-state index contributed by atoms with van der Waals surface area (Å²) < 4.78 is 10.9. The third-order valence-corrected chi connectivity index (χ3v) is 3.78. The summed E-state index contributed by atoms with van der Waals surface area (Å²) in [7, 11) is 0. The zero-order chi connectivity index (χ0) is 14.8. The predicted octanol–water partition coefficient (Wildman–Crippen LogP) is 2.18. The average Bonchev–Trinajstić information content (AvgIpc) is 2.46. The number of carboxylic acids is 1. The Morgan fingerprint density at radius 2 is 2.00 bits per heavy atom. The highest BCUT2D eigenvalue weighted by Gasteiger charge is 2.41. The molecule has 1 aromatic carbocycles. The van der Waals surface area contributed by atoms with Crippen LogP contribution in [-0.4, -0.2) is 35.0 Å². The summed E-state index contributed by atoms with van der Waals surface area (Å²) in [5, 5.41) is 19.8. The quantitative estimate of drug-likeness (QED) is 0.864. The minimum absolute atomic E-state index is 0.206. The van der Waals surface area contributed by atoms with E-state index in [0.717, 1.165) is 5.56 Å². The molecular weight excluding hydrogens is 260 g/mol. The summed E-state index contributed by atoms with van der Waals surface area (Å²) in [6, 6.07) is 5.29. The topological polar surface area (TPSA) is 76.0 Å². The molecule has 1 aliphatic rings. The SMILES string of the molecule is CCCC(O)(C(=O)O)C(C)c1ccc2c(c1)OCCO2. The van der Waals surface area contributed by atoms with Crippen LogP contribution in [0.15, 0.2) is 18.2 Å². The summed E-state index contributed by atoms with van der Waals surface area (Å²) in [5.41, 5.74) is -1.04. The van der Waals surface area contributed by atoms with E-state index in [1.54, 1.807) is 25.1 Å². The number of carbonyl (C=O) groups is 1. The molecule has 2 N–H and O–H groups in total. The lowest BCUT2D eigenvalue weighted by molar-refractivity contribution is -0.161. The lowest BCUT2D eigenvalue weighted by Crippen LogP contribution is -2.43. The van der Waals surface area contributed by atoms with Gasteiger partial charge in [-0.3, -0.25) is 0 Å². The molecule has 2 atom stereocenters. The Balaban J connectivity index is 2.32. The standard InChI is InChI=1S/C15H20O5/c1-3-6-15(18,14(16)17)10(2)11-4-5-12-13(9-11)20-8-7-19-12/h4-5,9-10,18H,3,6-8H2,1-2H3,(H,16,17). The van der Waals surface area contributed by atoms with Crippen molar-refractivity contribution in [3.05, 3.63) is 23.8 Å². The minimum Gasteiger partial charge on any atom is -0.486 e. The molecule has 20 heavy (non-hydrogen) atoms. The molecule has 0 bridgehead atoms. The van der Waals surface area contributed by atoms with Gasteiger partial charge in [0.15, 0.2) is 17.1 Å². The van der Waals surface area contributed by atoms with Crippen LogP contribution in [0.2, 0.25) is 0 Å². The van der Waals surface area contributed by atoms with Crippen molar-refractivity contribution in [2.45, 2.75) is 38.2 Å². The number of ether oxygens (including phenoxy) is 2. The third-order valence-electron chi connectivity index (χ3n) is 3.78. The van der Waals surface area contributed by atoms with Crippen LogP contribution in [0.4, 0.5) is 0 Å². The van der Waals surface area contributed by atoms with E-state index in [4.69, 9.17) is 9.47 Å². The lowest BCUT2D eigenvalue weighted by atomic mass is 9.80. The van der Waals surface area contributed by atoms with Gasteiger partial charge in [-0.05, 0) is 24.1 Å². The van der Waals surface area contributed by atoms with Crippen molar-refractivity contribution in [3.8, 4) is 11.5 Å². The van der Waals surface area contributed by atoms with Crippen LogP contribution in [0.1, 0.15) is 38.2 Å². The zero-order valence-electron chi connectivity index (χ0n) is 11.8. The highest BCUT2D eigenvalue weighted by molar-refractivity contribution is 5.78. The Bertz CT molecular complexity index is 499. The van der Waals surface area contributed by atoms with Crippen LogP contribution in [0.3, 0.4) is 0 Å². The fraction of sp³-hybridized carbons (Fsp3) is 0.533. The largest absolute Gasteiger partial charge is 0.486 e. The van der Waals surface area contributed by atoms with Gasteiger partial charge in [-0.1, -0.05) is 26.3 Å². The maximum atomic E-state index is 11.4. The van der Waals surface area contributed by atoms with Gasteiger partial charge < -0.3 is 19.7 Å². The van der Waals surface area contributed by atoms with Crippen LogP contribution in [0, 0.1) is 0 Å². The molecule has 5 nitrogen and oxygen atoms in total. The van der Waals surface area contributed by atoms with Gasteiger partial charge in [0.1, 0.15) is 13.2 Å². The molecule has 0 aliphatic carbocycles. The molecule has 0 amide bonds. The first-order valence-electron chi connectivity index (χ1n) is 6.84. The van der Waals surface area contributed by atoms with Crippen molar-refractivity contribution in [1.29, 1.82) is 0 Å². The Kier molecular flexibility index (Phi) is 4.18. The van der Waals surface area contributed by atoms with Gasteiger partial charge in [-0.2, -0.15) is 0 Å². The van der Waals surface area contributed by atoms with Crippen molar-refractivity contribution < 1.29 is 24.5 Å². The zero-order valence-corrected chi connectivity index (χ0v) is 11.8. The number of hydrogen-bond acceptors (Lipinski definition) is 4. The molecule has 0 aromatic heterocycles. The highest BCUT2D eigenvalue weighted by atomic mass is 16.6. The Morgan fingerprint density at radius 1 is 1.35 bits per heavy atom. The van der Waals surface area contributed by atoms with E-state index >= 15 is 0 Å². The monoisotopic (exact) mass is 280 g/mol. The average molecular weight is 280 g/mol. The van der Waals surface area contributed by atoms with Crippen molar-refractivity contribution in [2.24, 2.45) is 0 Å². The molecule has 1 aliphatic heterocycles. The van der Waals surface area contributed by atoms with Crippen molar-refractivity contribution >= 4 is 5.97 Å². The summed E-state index contributed by atoms with van der Waals surface area (Å²) in [6.45, 7) is 4.55. The second kappa shape index (κ2) is 5.71. The third kappa shape index (κ3) is 2.58. The van der Waals surface area contributed by atoms with Crippen LogP contribution in [-0.2, 0) is 4.79 Å². The Labute approximate surface area is 118 Å². The maximum absolute atomic E-state index is 11.4. The van der Waals surface area contributed by atoms with Gasteiger partial charge >= 0.3 is 5.97 Å². The smallest absolute Gasteiger partial charge is 0.336 e. The van der Waals surface area contributed by atoms with Crippen molar-refractivity contribution in [1.82, 2.24) is 0 Å². The number of aliphatic hydroxyl groups is 1. The van der Waals surface area contributed by atoms with E-state index in [2.05, 4.69) is 0 Å². The fourth-order valence-corrected chi connectivity index (χ4v) is 2.49. The molecule has 5 heteroatoms. The van der Waals surface area contributed by atoms with E-state index in [0.29, 0.717) is 31.1 Å². The number of aliphatic carboxylic acids is 1. The Morgan fingerprint density at radius 3 is 2.60 bits per heavy atom. The molecule has 0 saturated carbocycles. The van der Waals surface area contributed by atoms with Crippen LogP contribution in [0.25, 0.3) is 0 Å². The summed E-state index contributed by atoms with van der Waals surface area (Å²) in [4.78, 5) is 11.4. The van der Waals surface area contributed by atoms with Gasteiger partial charge in [-0.25, -0.2) is 4.79 Å². The first-order chi connectivity index (χ1) is 9.49. The summed E-state index contributed by atoms with van der Waals surface area (Å²) in [5.74, 6) is -0.469. The van der Waals surface area contributed by atoms with Gasteiger partial charge in [0, 0.05) is 5.92 Å². The molecule has 1 aromatic rings. The second-order valence-electron chi connectivity index (χ2n) is 5.10. The first-order valence-corrected chi connectivity index (χ1v) is 6.84. The number of carboxylic acid groups (broad SMARTS) is 1. The van der Waals surface area contributed by atoms with Crippen LogP contribution < -0.4 is 9.47 Å². The van der Waals surface area contributed by atoms with Gasteiger partial charge in [0.2, 0.25) is 0 Å². The molecule has 2 unspecified atom stereocenters. The molecule has 0 spiro atoms. The van der Waals surface area contributed by atoms with E-state index < -0.39 is 17.5 Å². The summed E-state index contributed by atoms with van der Waals surface area (Å²) in [6.07, 6.45) is 0.801. The van der Waals surface area contributed by atoms with Crippen LogP contribution in [0.5, 0.6) is 11.5 Å². The minimum atomic E-state index is -1.77. The molecule has 1 heterocycles. The van der Waals surface area contributed by atoms with E-state index in [1.165, 1.54) is 0 Å².